The first-order valence-electron chi connectivity index (χ1n) is 9.65. The van der Waals surface area contributed by atoms with Gasteiger partial charge in [0.25, 0.3) is 0 Å². The van der Waals surface area contributed by atoms with Gasteiger partial charge in [-0.15, -0.1) is 0 Å². The van der Waals surface area contributed by atoms with Gasteiger partial charge in [-0.3, -0.25) is 0 Å². The first-order chi connectivity index (χ1) is 14.7. The summed E-state index contributed by atoms with van der Waals surface area (Å²) in [6.45, 7) is 0. The van der Waals surface area contributed by atoms with E-state index in [0.29, 0.717) is 0 Å². The number of phenolic OH excluding ortho intramolecular Hbond substituents is 1. The monoisotopic (exact) mass is 397 g/mol. The molecule has 0 aliphatic rings. The Kier molecular flexibility index (Phi) is 5.57. The molecule has 0 spiro atoms. The Morgan fingerprint density at radius 2 is 0.833 bits per heavy atom. The third kappa shape index (κ3) is 4.08. The maximum atomic E-state index is 9.52. The molecule has 0 fully saturated rings. The normalized spacial score (nSPS) is 10.5. The standard InChI is InChI=1S/C26H23NO3/c1-29-25-15-9-22(10-16-25)27(23-11-17-26(30-2)18-12-23)21-7-3-19(4-8-21)20-5-13-24(28)14-6-20/h3-18,28H,1-2H3. The van der Waals surface area contributed by atoms with Crippen molar-refractivity contribution in [3.8, 4) is 28.4 Å². The van der Waals surface area contributed by atoms with Crippen LogP contribution in [0.2, 0.25) is 0 Å². The minimum absolute atomic E-state index is 0.264. The number of aromatic hydroxyl groups is 1. The summed E-state index contributed by atoms with van der Waals surface area (Å²) >= 11 is 0. The van der Waals surface area contributed by atoms with Gasteiger partial charge in [0.1, 0.15) is 17.2 Å². The molecular formula is C26H23NO3. The number of hydrogen-bond donors (Lipinski definition) is 1. The third-order valence-electron chi connectivity index (χ3n) is 4.99. The summed E-state index contributed by atoms with van der Waals surface area (Å²) in [4.78, 5) is 2.18. The van der Waals surface area contributed by atoms with E-state index in [1.54, 1.807) is 26.4 Å². The van der Waals surface area contributed by atoms with Crippen molar-refractivity contribution >= 4 is 17.1 Å². The molecule has 0 heterocycles. The van der Waals surface area contributed by atoms with E-state index in [1.807, 2.05) is 60.7 Å². The van der Waals surface area contributed by atoms with Crippen LogP contribution in [0.4, 0.5) is 17.1 Å². The van der Waals surface area contributed by atoms with Gasteiger partial charge in [0.05, 0.1) is 14.2 Å². The molecule has 4 aromatic carbocycles. The molecule has 4 heteroatoms. The lowest BCUT2D eigenvalue weighted by Gasteiger charge is -2.26. The van der Waals surface area contributed by atoms with Crippen LogP contribution >= 0.6 is 0 Å². The van der Waals surface area contributed by atoms with Crippen LogP contribution in [-0.2, 0) is 0 Å². The second-order valence-electron chi connectivity index (χ2n) is 6.83. The molecular weight excluding hydrogens is 374 g/mol. The molecule has 4 rings (SSSR count). The summed E-state index contributed by atoms with van der Waals surface area (Å²) in [5, 5.41) is 9.52. The molecule has 0 bridgehead atoms. The van der Waals surface area contributed by atoms with E-state index < -0.39 is 0 Å². The van der Waals surface area contributed by atoms with Gasteiger partial charge in [0.15, 0.2) is 0 Å². The van der Waals surface area contributed by atoms with Crippen molar-refractivity contribution in [2.75, 3.05) is 19.1 Å². The van der Waals surface area contributed by atoms with Gasteiger partial charge in [-0.25, -0.2) is 0 Å². The van der Waals surface area contributed by atoms with Crippen LogP contribution in [-0.4, -0.2) is 19.3 Å². The second-order valence-corrected chi connectivity index (χ2v) is 6.83. The number of rotatable bonds is 6. The maximum absolute atomic E-state index is 9.52. The predicted molar refractivity (Wildman–Crippen MR) is 121 cm³/mol. The predicted octanol–water partition coefficient (Wildman–Crippen LogP) is 6.55. The molecule has 0 amide bonds. The number of methoxy groups -OCH3 is 2. The first kappa shape index (κ1) is 19.4. The number of benzene rings is 4. The van der Waals surface area contributed by atoms with Gasteiger partial charge in [-0.1, -0.05) is 24.3 Å². The zero-order chi connectivity index (χ0) is 20.9. The fourth-order valence-electron chi connectivity index (χ4n) is 3.37. The van der Waals surface area contributed by atoms with E-state index in [4.69, 9.17) is 9.47 Å². The minimum Gasteiger partial charge on any atom is -0.508 e. The van der Waals surface area contributed by atoms with Crippen LogP contribution in [0.5, 0.6) is 17.2 Å². The molecule has 0 radical (unpaired) electrons. The van der Waals surface area contributed by atoms with E-state index in [-0.39, 0.29) is 5.75 Å². The lowest BCUT2D eigenvalue weighted by molar-refractivity contribution is 0.415. The van der Waals surface area contributed by atoms with Crippen LogP contribution in [0.1, 0.15) is 0 Å². The van der Waals surface area contributed by atoms with E-state index in [1.165, 1.54) is 0 Å². The van der Waals surface area contributed by atoms with Gasteiger partial charge in [0.2, 0.25) is 0 Å². The van der Waals surface area contributed by atoms with Crippen LogP contribution in [0.25, 0.3) is 11.1 Å². The molecule has 0 unspecified atom stereocenters. The van der Waals surface area contributed by atoms with Crippen molar-refractivity contribution < 1.29 is 14.6 Å². The molecule has 0 atom stereocenters. The molecule has 0 aliphatic heterocycles. The Labute approximate surface area is 176 Å². The number of ether oxygens (including phenoxy) is 2. The summed E-state index contributed by atoms with van der Waals surface area (Å²) in [6, 6.07) is 31.6. The molecule has 4 aromatic rings. The first-order valence-corrected chi connectivity index (χ1v) is 9.65. The second kappa shape index (κ2) is 8.62. The SMILES string of the molecule is COc1ccc(N(c2ccc(OC)cc2)c2ccc(-c3ccc(O)cc3)cc2)cc1. The average Bonchev–Trinajstić information content (AvgIpc) is 2.81. The number of anilines is 3. The highest BCUT2D eigenvalue weighted by Gasteiger charge is 2.13. The molecule has 0 aliphatic carbocycles. The fraction of sp³-hybridized carbons (Fsp3) is 0.0769. The molecule has 0 aromatic heterocycles. The zero-order valence-electron chi connectivity index (χ0n) is 16.9. The van der Waals surface area contributed by atoms with Crippen molar-refractivity contribution in [1.82, 2.24) is 0 Å². The van der Waals surface area contributed by atoms with Crippen LogP contribution in [0.3, 0.4) is 0 Å². The van der Waals surface area contributed by atoms with Crippen molar-refractivity contribution in [3.05, 3.63) is 97.1 Å². The van der Waals surface area contributed by atoms with Crippen LogP contribution in [0, 0.1) is 0 Å². The summed E-state index contributed by atoms with van der Waals surface area (Å²) < 4.78 is 10.6. The van der Waals surface area contributed by atoms with Crippen LogP contribution in [0.15, 0.2) is 97.1 Å². The fourth-order valence-corrected chi connectivity index (χ4v) is 3.37. The van der Waals surface area contributed by atoms with Crippen molar-refractivity contribution in [2.45, 2.75) is 0 Å². The highest BCUT2D eigenvalue weighted by atomic mass is 16.5. The summed E-state index contributed by atoms with van der Waals surface area (Å²) in [7, 11) is 3.33. The van der Waals surface area contributed by atoms with Gasteiger partial charge in [-0.05, 0) is 83.9 Å². The van der Waals surface area contributed by atoms with Gasteiger partial charge in [0, 0.05) is 17.1 Å². The number of nitrogens with zero attached hydrogens (tertiary/aromatic N) is 1. The van der Waals surface area contributed by atoms with E-state index >= 15 is 0 Å². The summed E-state index contributed by atoms with van der Waals surface area (Å²) in [6.07, 6.45) is 0. The molecule has 0 saturated heterocycles. The van der Waals surface area contributed by atoms with Crippen molar-refractivity contribution in [2.24, 2.45) is 0 Å². The molecule has 30 heavy (non-hydrogen) atoms. The Morgan fingerprint density at radius 3 is 1.20 bits per heavy atom. The molecule has 150 valence electrons. The number of hydrogen-bond acceptors (Lipinski definition) is 4. The van der Waals surface area contributed by atoms with E-state index in [0.717, 1.165) is 39.7 Å². The molecule has 0 saturated carbocycles. The summed E-state index contributed by atoms with van der Waals surface area (Å²) in [5.41, 5.74) is 5.23. The molecule has 4 nitrogen and oxygen atoms in total. The smallest absolute Gasteiger partial charge is 0.119 e. The quantitative estimate of drug-likeness (QED) is 0.401. The highest BCUT2D eigenvalue weighted by molar-refractivity contribution is 5.78. The molecule has 1 N–H and O–H groups in total. The Balaban J connectivity index is 1.73. The van der Waals surface area contributed by atoms with Gasteiger partial charge < -0.3 is 19.5 Å². The summed E-state index contributed by atoms with van der Waals surface area (Å²) in [5.74, 6) is 1.90. The third-order valence-corrected chi connectivity index (χ3v) is 4.99. The zero-order valence-corrected chi connectivity index (χ0v) is 16.9. The van der Waals surface area contributed by atoms with Crippen LogP contribution < -0.4 is 14.4 Å². The lowest BCUT2D eigenvalue weighted by atomic mass is 10.0. The maximum Gasteiger partial charge on any atom is 0.119 e. The van der Waals surface area contributed by atoms with Crippen molar-refractivity contribution in [1.29, 1.82) is 0 Å². The van der Waals surface area contributed by atoms with Gasteiger partial charge in [-0.2, -0.15) is 0 Å². The Morgan fingerprint density at radius 1 is 0.500 bits per heavy atom. The van der Waals surface area contributed by atoms with E-state index in [9.17, 15) is 5.11 Å². The van der Waals surface area contributed by atoms with Crippen molar-refractivity contribution in [3.63, 3.8) is 0 Å². The average molecular weight is 397 g/mol. The highest BCUT2D eigenvalue weighted by Crippen LogP contribution is 2.37. The topological polar surface area (TPSA) is 41.9 Å². The Bertz CT molecular complexity index is 1040. The largest absolute Gasteiger partial charge is 0.508 e. The van der Waals surface area contributed by atoms with E-state index in [2.05, 4.69) is 29.2 Å². The van der Waals surface area contributed by atoms with Gasteiger partial charge >= 0.3 is 0 Å². The number of phenols is 1. The Hall–Kier alpha value is -3.92. The lowest BCUT2D eigenvalue weighted by Crippen LogP contribution is -2.09. The minimum atomic E-state index is 0.264.